The van der Waals surface area contributed by atoms with Crippen LogP contribution in [0.2, 0.25) is 0 Å². The van der Waals surface area contributed by atoms with Crippen LogP contribution in [0, 0.1) is 12.1 Å². The summed E-state index contributed by atoms with van der Waals surface area (Å²) >= 11 is 0. The number of imidazole rings is 2. The van der Waals surface area contributed by atoms with Crippen molar-refractivity contribution in [3.8, 4) is 16.9 Å². The summed E-state index contributed by atoms with van der Waals surface area (Å²) in [6.07, 6.45) is 2.22. The summed E-state index contributed by atoms with van der Waals surface area (Å²) in [6, 6.07) is 41.9. The second kappa shape index (κ2) is 11.6. The molecule has 8 bridgehead atoms. The molecule has 1 aliphatic rings. The molecule has 4 nitrogen and oxygen atoms in total. The van der Waals surface area contributed by atoms with Gasteiger partial charge in [0.05, 0.1) is 17.1 Å². The fourth-order valence-electron chi connectivity index (χ4n) is 6.75. The number of aromatic amines is 1. The number of hydrogen-bond donors (Lipinski definition) is 1. The summed E-state index contributed by atoms with van der Waals surface area (Å²) in [7, 11) is 0. The molecule has 0 radical (unpaired) electrons. The molecule has 0 aliphatic carbocycles. The maximum Gasteiger partial charge on any atom is 2.00 e. The van der Waals surface area contributed by atoms with Crippen LogP contribution in [0.15, 0.2) is 103 Å². The van der Waals surface area contributed by atoms with Gasteiger partial charge in [-0.1, -0.05) is 104 Å². The maximum atomic E-state index is 5.47. The number of H-pyrrole nitrogens is 1. The predicted molar refractivity (Wildman–Crippen MR) is 187 cm³/mol. The molecule has 47 heavy (non-hydrogen) atoms. The van der Waals surface area contributed by atoms with Gasteiger partial charge in [0.15, 0.2) is 0 Å². The molecule has 0 atom stereocenters. The Balaban J connectivity index is 0.00000386. The quantitative estimate of drug-likeness (QED) is 0.178. The fraction of sp³-hybridized carbons (Fsp3) is 0.286. The number of rotatable bonds is 2. The third-order valence-corrected chi connectivity index (χ3v) is 10.2. The molecular weight excluding hydrogens is 756 g/mol. The summed E-state index contributed by atoms with van der Waals surface area (Å²) in [4.78, 5) is 14.7. The van der Waals surface area contributed by atoms with Gasteiger partial charge in [-0.2, -0.15) is 59.7 Å². The molecule has 4 aromatic carbocycles. The number of aromatic nitrogens is 4. The largest absolute Gasteiger partial charge is 2.00 e. The Labute approximate surface area is 294 Å². The van der Waals surface area contributed by atoms with Gasteiger partial charge in [0.2, 0.25) is 0 Å². The topological polar surface area (TPSA) is 46.5 Å². The molecule has 3 heterocycles. The second-order valence-electron chi connectivity index (χ2n) is 14.8. The van der Waals surface area contributed by atoms with Crippen LogP contribution in [0.25, 0.3) is 16.9 Å². The molecule has 0 unspecified atom stereocenters. The second-order valence-corrected chi connectivity index (χ2v) is 14.8. The first-order chi connectivity index (χ1) is 21.8. The first kappa shape index (κ1) is 32.9. The molecule has 240 valence electrons. The standard InChI is InChI=1S/C42H42N4.Pt/c1-39(2)29-19-15-20-30(25-29)40(3,4)36-35(28-17-11-9-12-18-28)44-37(45-36)41(5,6)31-21-16-22-32(26-31)42(7,8)38-43-34(39)27-46(38)33-23-13-10-14-24-33;/h9-24,27H,1-8H3,(H,44,45);/q-2;+2. The summed E-state index contributed by atoms with van der Waals surface area (Å²) in [5, 5.41) is 0. The Morgan fingerprint density at radius 3 is 1.66 bits per heavy atom. The summed E-state index contributed by atoms with van der Waals surface area (Å²) in [5.41, 5.74) is 7.84. The number of hydrogen-bond acceptors (Lipinski definition) is 2. The van der Waals surface area contributed by atoms with E-state index in [1.54, 1.807) is 0 Å². The SMILES string of the molecule is CC1(C)c2[c-]c(ccc2)C(C)(C)c2nc([nH]c2-c2ccccc2)C(C)(C)c2[c-]c(ccc2)C(C)(C)c2nc1cn2-c1ccccc1.[Pt+2]. The minimum Gasteiger partial charge on any atom is -0.341 e. The smallest absolute Gasteiger partial charge is 0.341 e. The van der Waals surface area contributed by atoms with Crippen LogP contribution in [0.1, 0.15) is 101 Å². The Kier molecular flexibility index (Phi) is 8.12. The normalized spacial score (nSPS) is 17.0. The van der Waals surface area contributed by atoms with Crippen molar-refractivity contribution in [1.82, 2.24) is 19.5 Å². The molecule has 2 aromatic heterocycles. The van der Waals surface area contributed by atoms with Gasteiger partial charge in [0.1, 0.15) is 11.6 Å². The average Bonchev–Trinajstić information content (AvgIpc) is 3.73. The van der Waals surface area contributed by atoms with Gasteiger partial charge in [0.25, 0.3) is 0 Å². The number of benzene rings is 4. The Bertz CT molecular complexity index is 1900. The van der Waals surface area contributed by atoms with Crippen LogP contribution >= 0.6 is 0 Å². The molecule has 0 saturated heterocycles. The van der Waals surface area contributed by atoms with Gasteiger partial charge in [-0.15, -0.1) is 11.1 Å². The zero-order chi connectivity index (χ0) is 32.5. The molecule has 7 rings (SSSR count). The van der Waals surface area contributed by atoms with Crippen LogP contribution in [0.5, 0.6) is 0 Å². The van der Waals surface area contributed by atoms with E-state index in [4.69, 9.17) is 9.97 Å². The first-order valence-electron chi connectivity index (χ1n) is 16.2. The van der Waals surface area contributed by atoms with E-state index in [9.17, 15) is 0 Å². The van der Waals surface area contributed by atoms with Crippen molar-refractivity contribution in [1.29, 1.82) is 0 Å². The van der Waals surface area contributed by atoms with Crippen molar-refractivity contribution in [3.05, 3.63) is 161 Å². The van der Waals surface area contributed by atoms with Crippen molar-refractivity contribution in [3.63, 3.8) is 0 Å². The van der Waals surface area contributed by atoms with Gasteiger partial charge in [-0.25, -0.2) is 9.97 Å². The monoisotopic (exact) mass is 797 g/mol. The molecular formula is C42H42N4Pt. The van der Waals surface area contributed by atoms with Gasteiger partial charge < -0.3 is 9.55 Å². The van der Waals surface area contributed by atoms with E-state index in [1.807, 2.05) is 0 Å². The van der Waals surface area contributed by atoms with Crippen molar-refractivity contribution in [2.45, 2.75) is 77.0 Å². The molecule has 0 fully saturated rings. The molecule has 6 aromatic rings. The van der Waals surface area contributed by atoms with Crippen LogP contribution in [-0.2, 0) is 42.7 Å². The summed E-state index contributed by atoms with van der Waals surface area (Å²) in [5.74, 6) is 1.89. The number of para-hydroxylation sites is 1. The van der Waals surface area contributed by atoms with Gasteiger partial charge in [0, 0.05) is 33.5 Å². The fourth-order valence-corrected chi connectivity index (χ4v) is 6.75. The van der Waals surface area contributed by atoms with Crippen LogP contribution in [-0.4, -0.2) is 19.5 Å². The van der Waals surface area contributed by atoms with E-state index in [2.05, 4.69) is 180 Å². The molecule has 0 spiro atoms. The molecule has 0 amide bonds. The third kappa shape index (κ3) is 5.35. The van der Waals surface area contributed by atoms with Gasteiger partial charge in [-0.3, -0.25) is 0 Å². The molecule has 0 saturated carbocycles. The van der Waals surface area contributed by atoms with Crippen LogP contribution in [0.3, 0.4) is 0 Å². The van der Waals surface area contributed by atoms with Crippen LogP contribution < -0.4 is 0 Å². The Morgan fingerprint density at radius 1 is 0.553 bits per heavy atom. The summed E-state index contributed by atoms with van der Waals surface area (Å²) < 4.78 is 2.26. The molecule has 1 N–H and O–H groups in total. The van der Waals surface area contributed by atoms with Gasteiger partial charge in [-0.05, 0) is 17.7 Å². The van der Waals surface area contributed by atoms with Crippen molar-refractivity contribution >= 4 is 0 Å². The third-order valence-electron chi connectivity index (χ3n) is 10.2. The predicted octanol–water partition coefficient (Wildman–Crippen LogP) is 9.48. The minimum absolute atomic E-state index is 0. The van der Waals surface area contributed by atoms with Crippen LogP contribution in [0.4, 0.5) is 0 Å². The first-order valence-corrected chi connectivity index (χ1v) is 16.2. The zero-order valence-electron chi connectivity index (χ0n) is 28.5. The Hall–Kier alpha value is -4.01. The van der Waals surface area contributed by atoms with E-state index in [-0.39, 0.29) is 21.1 Å². The van der Waals surface area contributed by atoms with E-state index in [0.717, 1.165) is 62.2 Å². The van der Waals surface area contributed by atoms with E-state index < -0.39 is 21.7 Å². The summed E-state index contributed by atoms with van der Waals surface area (Å²) in [6.45, 7) is 18.0. The maximum absolute atomic E-state index is 5.47. The zero-order valence-corrected chi connectivity index (χ0v) is 30.7. The Morgan fingerprint density at radius 2 is 1.06 bits per heavy atom. The van der Waals surface area contributed by atoms with Crippen molar-refractivity contribution in [2.75, 3.05) is 0 Å². The average molecular weight is 798 g/mol. The molecule has 1 aliphatic heterocycles. The number of fused-ring (bicyclic) bond motifs is 8. The minimum atomic E-state index is -0.454. The van der Waals surface area contributed by atoms with E-state index in [1.165, 1.54) is 0 Å². The van der Waals surface area contributed by atoms with E-state index in [0.29, 0.717) is 0 Å². The van der Waals surface area contributed by atoms with Crippen molar-refractivity contribution < 1.29 is 21.1 Å². The number of nitrogens with one attached hydrogen (secondary N) is 1. The van der Waals surface area contributed by atoms with Crippen molar-refractivity contribution in [2.24, 2.45) is 0 Å². The van der Waals surface area contributed by atoms with E-state index >= 15 is 0 Å². The van der Waals surface area contributed by atoms with Gasteiger partial charge >= 0.3 is 21.1 Å². The number of nitrogens with zero attached hydrogens (tertiary/aromatic N) is 3. The molecule has 5 heteroatoms.